The van der Waals surface area contributed by atoms with Gasteiger partial charge < -0.3 is 10.1 Å². The van der Waals surface area contributed by atoms with Crippen LogP contribution >= 0.6 is 0 Å². The molecule has 1 amide bonds. The highest BCUT2D eigenvalue weighted by molar-refractivity contribution is 7.89. The first-order valence-electron chi connectivity index (χ1n) is 8.79. The maximum Gasteiger partial charge on any atom is 0.259 e. The summed E-state index contributed by atoms with van der Waals surface area (Å²) in [7, 11) is -3.11. The molecule has 0 spiro atoms. The third kappa shape index (κ3) is 3.77. The van der Waals surface area contributed by atoms with Crippen molar-refractivity contribution in [2.24, 2.45) is 0 Å². The van der Waals surface area contributed by atoms with E-state index in [0.29, 0.717) is 22.7 Å². The highest BCUT2D eigenvalue weighted by Gasteiger charge is 2.21. The molecule has 1 heterocycles. The molecule has 0 saturated heterocycles. The second-order valence-corrected chi connectivity index (χ2v) is 9.18. The summed E-state index contributed by atoms with van der Waals surface area (Å²) >= 11 is 0. The summed E-state index contributed by atoms with van der Waals surface area (Å²) in [6, 6.07) is 18.4. The van der Waals surface area contributed by atoms with E-state index < -0.39 is 9.84 Å². The molecule has 3 aromatic rings. The van der Waals surface area contributed by atoms with Gasteiger partial charge in [-0.15, -0.1) is 0 Å². The Morgan fingerprint density at radius 3 is 2.50 bits per heavy atom. The molecule has 28 heavy (non-hydrogen) atoms. The molecule has 0 aromatic heterocycles. The van der Waals surface area contributed by atoms with Crippen molar-refractivity contribution in [3.8, 4) is 22.6 Å². The van der Waals surface area contributed by atoms with Crippen molar-refractivity contribution in [1.29, 1.82) is 0 Å². The topological polar surface area (TPSA) is 72.5 Å². The molecule has 3 aromatic carbocycles. The molecule has 0 unspecified atom stereocenters. The summed E-state index contributed by atoms with van der Waals surface area (Å²) in [5, 5.41) is 2.88. The Hall–Kier alpha value is -3.12. The van der Waals surface area contributed by atoms with Gasteiger partial charge in [0.25, 0.3) is 5.91 Å². The number of anilines is 1. The number of hydrogen-bond acceptors (Lipinski definition) is 4. The van der Waals surface area contributed by atoms with E-state index in [1.807, 2.05) is 43.3 Å². The number of rotatable bonds is 3. The lowest BCUT2D eigenvalue weighted by Crippen LogP contribution is -2.10. The number of carbonyl (C=O) groups is 1. The average molecular weight is 393 g/mol. The smallest absolute Gasteiger partial charge is 0.259 e. The number of amides is 1. The van der Waals surface area contributed by atoms with E-state index in [2.05, 4.69) is 5.32 Å². The van der Waals surface area contributed by atoms with Gasteiger partial charge in [-0.1, -0.05) is 42.0 Å². The Labute approximate surface area is 163 Å². The predicted octanol–water partition coefficient (Wildman–Crippen LogP) is 4.56. The Bertz CT molecular complexity index is 1200. The number of ether oxygens (including phenoxy) is 1. The molecule has 0 atom stereocenters. The molecule has 1 N–H and O–H groups in total. The molecule has 1 aliphatic heterocycles. The van der Waals surface area contributed by atoms with E-state index >= 15 is 0 Å². The van der Waals surface area contributed by atoms with Crippen LogP contribution in [0.2, 0.25) is 0 Å². The number of nitrogens with one attached hydrogen (secondary N) is 1. The van der Waals surface area contributed by atoms with E-state index in [1.165, 1.54) is 6.26 Å². The zero-order valence-corrected chi connectivity index (χ0v) is 16.3. The second kappa shape index (κ2) is 6.80. The van der Waals surface area contributed by atoms with Gasteiger partial charge in [-0.3, -0.25) is 4.79 Å². The molecule has 4 rings (SSSR count). The number of carbonyl (C=O) groups excluding carboxylic acids is 1. The van der Waals surface area contributed by atoms with Crippen molar-refractivity contribution in [3.05, 3.63) is 77.4 Å². The largest absolute Gasteiger partial charge is 0.454 e. The summed E-state index contributed by atoms with van der Waals surface area (Å²) in [4.78, 5) is 12.5. The maximum atomic E-state index is 12.5. The van der Waals surface area contributed by atoms with Crippen LogP contribution in [0.1, 0.15) is 21.5 Å². The first kappa shape index (κ1) is 18.3. The van der Waals surface area contributed by atoms with Gasteiger partial charge in [0.2, 0.25) is 0 Å². The number of hydrogen-bond donors (Lipinski definition) is 1. The van der Waals surface area contributed by atoms with Crippen LogP contribution in [0.3, 0.4) is 0 Å². The first-order chi connectivity index (χ1) is 13.3. The van der Waals surface area contributed by atoms with Gasteiger partial charge in [0.15, 0.2) is 15.6 Å². The normalized spacial score (nSPS) is 13.0. The molecule has 1 aliphatic rings. The van der Waals surface area contributed by atoms with Crippen molar-refractivity contribution in [2.75, 3.05) is 11.6 Å². The molecule has 0 radical (unpaired) electrons. The molecular weight excluding hydrogens is 374 g/mol. The van der Waals surface area contributed by atoms with Crippen molar-refractivity contribution >= 4 is 21.4 Å². The van der Waals surface area contributed by atoms with Crippen LogP contribution in [0.5, 0.6) is 11.5 Å². The van der Waals surface area contributed by atoms with Crippen LogP contribution in [0.15, 0.2) is 60.7 Å². The minimum atomic E-state index is -3.11. The van der Waals surface area contributed by atoms with E-state index in [4.69, 9.17) is 4.74 Å². The van der Waals surface area contributed by atoms with E-state index in [0.717, 1.165) is 22.3 Å². The van der Waals surface area contributed by atoms with Crippen LogP contribution in [0, 0.1) is 6.92 Å². The van der Waals surface area contributed by atoms with Crippen LogP contribution in [-0.4, -0.2) is 20.6 Å². The number of sulfone groups is 1. The highest BCUT2D eigenvalue weighted by Crippen LogP contribution is 2.38. The van der Waals surface area contributed by atoms with Crippen LogP contribution in [0.25, 0.3) is 11.1 Å². The Morgan fingerprint density at radius 1 is 0.929 bits per heavy atom. The fraction of sp³-hybridized carbons (Fsp3) is 0.136. The summed E-state index contributed by atoms with van der Waals surface area (Å²) in [5.74, 6) is 0.831. The Morgan fingerprint density at radius 2 is 1.71 bits per heavy atom. The van der Waals surface area contributed by atoms with E-state index in [1.54, 1.807) is 24.3 Å². The zero-order valence-electron chi connectivity index (χ0n) is 15.5. The monoisotopic (exact) mass is 393 g/mol. The first-order valence-corrected chi connectivity index (χ1v) is 10.9. The fourth-order valence-corrected chi connectivity index (χ4v) is 4.04. The Kier molecular flexibility index (Phi) is 4.43. The molecular formula is C22H19NO4S. The highest BCUT2D eigenvalue weighted by atomic mass is 32.2. The van der Waals surface area contributed by atoms with Crippen molar-refractivity contribution in [3.63, 3.8) is 0 Å². The third-order valence-electron chi connectivity index (χ3n) is 4.52. The van der Waals surface area contributed by atoms with Crippen molar-refractivity contribution in [2.45, 2.75) is 12.7 Å². The Balaban J connectivity index is 1.74. The van der Waals surface area contributed by atoms with Crippen LogP contribution < -0.4 is 10.1 Å². The zero-order chi connectivity index (χ0) is 19.9. The van der Waals surface area contributed by atoms with Crippen LogP contribution in [0.4, 0.5) is 5.69 Å². The molecule has 5 nitrogen and oxygen atoms in total. The minimum Gasteiger partial charge on any atom is -0.454 e. The quantitative estimate of drug-likeness (QED) is 0.708. The third-order valence-corrected chi connectivity index (χ3v) is 5.38. The van der Waals surface area contributed by atoms with Crippen molar-refractivity contribution < 1.29 is 17.9 Å². The van der Waals surface area contributed by atoms with Gasteiger partial charge in [0.1, 0.15) is 5.75 Å². The summed E-state index contributed by atoms with van der Waals surface area (Å²) in [6.45, 7) is 1.92. The molecule has 142 valence electrons. The molecule has 6 heteroatoms. The van der Waals surface area contributed by atoms with Gasteiger partial charge in [0, 0.05) is 6.26 Å². The van der Waals surface area contributed by atoms with Gasteiger partial charge in [0.05, 0.1) is 17.0 Å². The molecule has 0 aliphatic carbocycles. The predicted molar refractivity (Wildman–Crippen MR) is 110 cm³/mol. The minimum absolute atomic E-state index is 0.00886. The SMILES string of the molecule is Cc1ccc2c(c1)C(=O)Nc1ccc(-c3cccc(CS(C)(=O)=O)c3)cc1O2. The lowest BCUT2D eigenvalue weighted by atomic mass is 10.0. The summed E-state index contributed by atoms with van der Waals surface area (Å²) < 4.78 is 29.2. The second-order valence-electron chi connectivity index (χ2n) is 7.04. The van der Waals surface area contributed by atoms with Gasteiger partial charge in [-0.25, -0.2) is 8.42 Å². The van der Waals surface area contributed by atoms with E-state index in [9.17, 15) is 13.2 Å². The standard InChI is InChI=1S/C22H19NO4S/c1-14-6-9-20-18(10-14)22(24)23-19-8-7-17(12-21(19)27-20)16-5-3-4-15(11-16)13-28(2,25)26/h3-12H,13H2,1-2H3,(H,23,24). The lowest BCUT2D eigenvalue weighted by molar-refractivity contribution is 0.102. The summed E-state index contributed by atoms with van der Waals surface area (Å²) in [6.07, 6.45) is 1.22. The molecule has 0 saturated carbocycles. The van der Waals surface area contributed by atoms with Gasteiger partial charge in [-0.05, 0) is 47.9 Å². The molecule has 0 bridgehead atoms. The van der Waals surface area contributed by atoms with E-state index in [-0.39, 0.29) is 11.7 Å². The number of aryl methyl sites for hydroxylation is 1. The average Bonchev–Trinajstić information content (AvgIpc) is 2.76. The van der Waals surface area contributed by atoms with Crippen molar-refractivity contribution in [1.82, 2.24) is 0 Å². The fourth-order valence-electron chi connectivity index (χ4n) is 3.25. The van der Waals surface area contributed by atoms with Crippen LogP contribution in [-0.2, 0) is 15.6 Å². The molecule has 0 fully saturated rings. The summed E-state index contributed by atoms with van der Waals surface area (Å²) in [5.41, 5.74) is 4.55. The van der Waals surface area contributed by atoms with Gasteiger partial charge >= 0.3 is 0 Å². The maximum absolute atomic E-state index is 12.5. The van der Waals surface area contributed by atoms with Gasteiger partial charge in [-0.2, -0.15) is 0 Å². The number of fused-ring (bicyclic) bond motifs is 2. The number of benzene rings is 3. The lowest BCUT2D eigenvalue weighted by Gasteiger charge is -2.11.